The van der Waals surface area contributed by atoms with E-state index in [-0.39, 0.29) is 0 Å². The molecule has 0 unspecified atom stereocenters. The minimum Gasteiger partial charge on any atom is -0.324 e. The number of rotatable bonds is 4. The standard InChI is InChI=1S/C19H23N3/c1-13(2)15-8-9-18-17(10-15)21-19(11-20)22(18)12-16-7-5-4-6-14(16)3/h4-10,13H,11-12,20H2,1-3H3. The number of benzene rings is 2. The third-order valence-corrected chi connectivity index (χ3v) is 4.29. The zero-order valence-electron chi connectivity index (χ0n) is 13.5. The Morgan fingerprint density at radius 1 is 1.14 bits per heavy atom. The monoisotopic (exact) mass is 293 g/mol. The van der Waals surface area contributed by atoms with Crippen LogP contribution in [0.5, 0.6) is 0 Å². The Morgan fingerprint density at radius 3 is 2.59 bits per heavy atom. The second kappa shape index (κ2) is 5.93. The maximum absolute atomic E-state index is 5.92. The first-order valence-corrected chi connectivity index (χ1v) is 7.83. The summed E-state index contributed by atoms with van der Waals surface area (Å²) in [6, 6.07) is 15.0. The average Bonchev–Trinajstić information content (AvgIpc) is 2.86. The normalized spacial score (nSPS) is 11.5. The molecule has 22 heavy (non-hydrogen) atoms. The molecule has 1 aromatic heterocycles. The van der Waals surface area contributed by atoms with Crippen LogP contribution in [0.25, 0.3) is 11.0 Å². The summed E-state index contributed by atoms with van der Waals surface area (Å²) in [6.45, 7) is 7.83. The Labute approximate surface area is 131 Å². The lowest BCUT2D eigenvalue weighted by atomic mass is 10.0. The highest BCUT2D eigenvalue weighted by Gasteiger charge is 2.12. The average molecular weight is 293 g/mol. The summed E-state index contributed by atoms with van der Waals surface area (Å²) < 4.78 is 2.24. The maximum atomic E-state index is 5.92. The predicted molar refractivity (Wildman–Crippen MR) is 92.0 cm³/mol. The lowest BCUT2D eigenvalue weighted by Crippen LogP contribution is -2.10. The van der Waals surface area contributed by atoms with Gasteiger partial charge in [0, 0.05) is 6.54 Å². The minimum absolute atomic E-state index is 0.456. The fourth-order valence-corrected chi connectivity index (χ4v) is 2.85. The molecule has 114 valence electrons. The van der Waals surface area contributed by atoms with Gasteiger partial charge in [-0.05, 0) is 41.7 Å². The summed E-state index contributed by atoms with van der Waals surface area (Å²) in [5.74, 6) is 1.45. The molecule has 0 radical (unpaired) electrons. The molecule has 2 N–H and O–H groups in total. The largest absolute Gasteiger partial charge is 0.324 e. The zero-order valence-corrected chi connectivity index (χ0v) is 13.5. The van der Waals surface area contributed by atoms with Gasteiger partial charge in [0.1, 0.15) is 5.82 Å². The van der Waals surface area contributed by atoms with E-state index >= 15 is 0 Å². The number of aryl methyl sites for hydroxylation is 1. The van der Waals surface area contributed by atoms with Crippen LogP contribution >= 0.6 is 0 Å². The molecule has 0 spiro atoms. The summed E-state index contributed by atoms with van der Waals surface area (Å²) >= 11 is 0. The van der Waals surface area contributed by atoms with Crippen molar-refractivity contribution in [3.05, 3.63) is 65.0 Å². The highest BCUT2D eigenvalue weighted by molar-refractivity contribution is 5.77. The van der Waals surface area contributed by atoms with Crippen LogP contribution in [0, 0.1) is 6.92 Å². The van der Waals surface area contributed by atoms with Crippen molar-refractivity contribution in [2.45, 2.75) is 39.8 Å². The summed E-state index contributed by atoms with van der Waals surface area (Å²) in [6.07, 6.45) is 0. The Morgan fingerprint density at radius 2 is 1.91 bits per heavy atom. The molecule has 0 atom stereocenters. The van der Waals surface area contributed by atoms with Crippen molar-refractivity contribution in [2.75, 3.05) is 0 Å². The topological polar surface area (TPSA) is 43.8 Å². The van der Waals surface area contributed by atoms with E-state index in [0.717, 1.165) is 23.4 Å². The van der Waals surface area contributed by atoms with Crippen LogP contribution in [0.15, 0.2) is 42.5 Å². The van der Waals surface area contributed by atoms with Gasteiger partial charge >= 0.3 is 0 Å². The number of hydrogen-bond donors (Lipinski definition) is 1. The molecule has 3 heteroatoms. The van der Waals surface area contributed by atoms with Gasteiger partial charge in [0.2, 0.25) is 0 Å². The van der Waals surface area contributed by atoms with E-state index in [1.807, 2.05) is 0 Å². The van der Waals surface area contributed by atoms with Gasteiger partial charge in [0.25, 0.3) is 0 Å². The van der Waals surface area contributed by atoms with Crippen molar-refractivity contribution in [3.63, 3.8) is 0 Å². The number of nitrogens with zero attached hydrogens (tertiary/aromatic N) is 2. The van der Waals surface area contributed by atoms with Gasteiger partial charge < -0.3 is 10.3 Å². The molecule has 0 aliphatic carbocycles. The van der Waals surface area contributed by atoms with E-state index in [9.17, 15) is 0 Å². The smallest absolute Gasteiger partial charge is 0.123 e. The van der Waals surface area contributed by atoms with E-state index in [0.29, 0.717) is 12.5 Å². The van der Waals surface area contributed by atoms with Crippen LogP contribution in [0.1, 0.15) is 42.3 Å². The first-order valence-electron chi connectivity index (χ1n) is 7.83. The molecule has 0 fully saturated rings. The predicted octanol–water partition coefficient (Wildman–Crippen LogP) is 3.98. The quantitative estimate of drug-likeness (QED) is 0.791. The lowest BCUT2D eigenvalue weighted by molar-refractivity contribution is 0.741. The number of fused-ring (bicyclic) bond motifs is 1. The molecular formula is C19H23N3. The van der Waals surface area contributed by atoms with Gasteiger partial charge in [0.05, 0.1) is 17.6 Å². The molecule has 3 aromatic rings. The van der Waals surface area contributed by atoms with Crippen molar-refractivity contribution in [1.82, 2.24) is 9.55 Å². The number of hydrogen-bond acceptors (Lipinski definition) is 2. The second-order valence-corrected chi connectivity index (χ2v) is 6.15. The van der Waals surface area contributed by atoms with Crippen molar-refractivity contribution < 1.29 is 0 Å². The summed E-state index contributed by atoms with van der Waals surface area (Å²) in [7, 11) is 0. The first kappa shape index (κ1) is 14.8. The number of aromatic nitrogens is 2. The van der Waals surface area contributed by atoms with Crippen molar-refractivity contribution in [1.29, 1.82) is 0 Å². The van der Waals surface area contributed by atoms with Crippen LogP contribution in [-0.2, 0) is 13.1 Å². The van der Waals surface area contributed by atoms with Gasteiger partial charge in [-0.3, -0.25) is 0 Å². The fraction of sp³-hybridized carbons (Fsp3) is 0.316. The molecule has 0 amide bonds. The van der Waals surface area contributed by atoms with Crippen molar-refractivity contribution >= 4 is 11.0 Å². The van der Waals surface area contributed by atoms with E-state index in [1.165, 1.54) is 16.7 Å². The molecule has 3 rings (SSSR count). The van der Waals surface area contributed by atoms with Crippen molar-refractivity contribution in [3.8, 4) is 0 Å². The van der Waals surface area contributed by atoms with E-state index in [2.05, 4.69) is 67.8 Å². The van der Waals surface area contributed by atoms with Crippen molar-refractivity contribution in [2.24, 2.45) is 5.73 Å². The lowest BCUT2D eigenvalue weighted by Gasteiger charge is -2.11. The Hall–Kier alpha value is -2.13. The van der Waals surface area contributed by atoms with Crippen LogP contribution in [-0.4, -0.2) is 9.55 Å². The minimum atomic E-state index is 0.456. The number of nitrogens with two attached hydrogens (primary N) is 1. The molecule has 0 aliphatic rings. The van der Waals surface area contributed by atoms with Gasteiger partial charge in [-0.1, -0.05) is 44.2 Å². The van der Waals surface area contributed by atoms with Crippen LogP contribution < -0.4 is 5.73 Å². The second-order valence-electron chi connectivity index (χ2n) is 6.15. The summed E-state index contributed by atoms with van der Waals surface area (Å²) in [5.41, 5.74) is 12.0. The highest BCUT2D eigenvalue weighted by Crippen LogP contribution is 2.23. The fourth-order valence-electron chi connectivity index (χ4n) is 2.85. The Kier molecular flexibility index (Phi) is 3.99. The Balaban J connectivity index is 2.10. The van der Waals surface area contributed by atoms with Gasteiger partial charge in [0.15, 0.2) is 0 Å². The molecule has 0 bridgehead atoms. The summed E-state index contributed by atoms with van der Waals surface area (Å²) in [5, 5.41) is 0. The Bertz CT molecular complexity index is 800. The van der Waals surface area contributed by atoms with Crippen LogP contribution in [0.4, 0.5) is 0 Å². The molecule has 1 heterocycles. The molecule has 0 aliphatic heterocycles. The molecule has 0 saturated heterocycles. The van der Waals surface area contributed by atoms with Gasteiger partial charge in [-0.15, -0.1) is 0 Å². The highest BCUT2D eigenvalue weighted by atomic mass is 15.1. The zero-order chi connectivity index (χ0) is 15.7. The molecule has 2 aromatic carbocycles. The first-order chi connectivity index (χ1) is 10.6. The van der Waals surface area contributed by atoms with E-state index < -0.39 is 0 Å². The molecular weight excluding hydrogens is 270 g/mol. The van der Waals surface area contributed by atoms with E-state index in [1.54, 1.807) is 0 Å². The number of imidazole rings is 1. The van der Waals surface area contributed by atoms with Gasteiger partial charge in [-0.2, -0.15) is 0 Å². The SMILES string of the molecule is Cc1ccccc1Cn1c(CN)nc2cc(C(C)C)ccc21. The third-order valence-electron chi connectivity index (χ3n) is 4.29. The summed E-state index contributed by atoms with van der Waals surface area (Å²) in [4.78, 5) is 4.74. The van der Waals surface area contributed by atoms with Crippen LogP contribution in [0.3, 0.4) is 0 Å². The van der Waals surface area contributed by atoms with Gasteiger partial charge in [-0.25, -0.2) is 4.98 Å². The third kappa shape index (κ3) is 2.64. The maximum Gasteiger partial charge on any atom is 0.123 e. The van der Waals surface area contributed by atoms with Crippen LogP contribution in [0.2, 0.25) is 0 Å². The molecule has 0 saturated carbocycles. The van der Waals surface area contributed by atoms with E-state index in [4.69, 9.17) is 10.7 Å². The molecule has 3 nitrogen and oxygen atoms in total.